The SMILES string of the molecule is C=C(C)C(CCC(C)C/C=C/C(=O)OC)[N+](=O)[O-]. The number of nitrogens with zero attached hydrogens (tertiary/aromatic N) is 1. The number of rotatable bonds is 8. The number of carbonyl (C=O) groups excluding carboxylic acids is 1. The Morgan fingerprint density at radius 1 is 1.50 bits per heavy atom. The molecule has 2 atom stereocenters. The Bertz CT molecular complexity index is 322. The molecule has 0 aromatic rings. The van der Waals surface area contributed by atoms with Gasteiger partial charge >= 0.3 is 5.97 Å². The number of carbonyl (C=O) groups is 1. The van der Waals surface area contributed by atoms with Crippen LogP contribution in [0.5, 0.6) is 0 Å². The molecule has 5 heteroatoms. The minimum atomic E-state index is -0.669. The Hall–Kier alpha value is -1.65. The lowest BCUT2D eigenvalue weighted by atomic mass is 9.96. The largest absolute Gasteiger partial charge is 0.466 e. The van der Waals surface area contributed by atoms with Crippen LogP contribution in [0.15, 0.2) is 24.3 Å². The summed E-state index contributed by atoms with van der Waals surface area (Å²) in [7, 11) is 1.32. The van der Waals surface area contributed by atoms with Crippen LogP contribution in [0.2, 0.25) is 0 Å². The molecule has 0 saturated heterocycles. The van der Waals surface area contributed by atoms with Gasteiger partial charge in [0.15, 0.2) is 0 Å². The summed E-state index contributed by atoms with van der Waals surface area (Å²) in [6.07, 6.45) is 5.02. The summed E-state index contributed by atoms with van der Waals surface area (Å²) in [5, 5.41) is 10.8. The minimum absolute atomic E-state index is 0.285. The molecule has 0 bridgehead atoms. The molecular formula is C13H21NO4. The Morgan fingerprint density at radius 3 is 2.56 bits per heavy atom. The average Bonchev–Trinajstić information content (AvgIpc) is 2.27. The van der Waals surface area contributed by atoms with E-state index in [2.05, 4.69) is 11.3 Å². The Morgan fingerprint density at radius 2 is 2.11 bits per heavy atom. The van der Waals surface area contributed by atoms with E-state index in [1.165, 1.54) is 13.2 Å². The monoisotopic (exact) mass is 255 g/mol. The molecule has 0 aromatic heterocycles. The standard InChI is InChI=1S/C13H21NO4/c1-10(2)12(14(16)17)9-8-11(3)6-5-7-13(15)18-4/h5,7,11-12H,1,6,8-9H2,2-4H3/b7-5+. The lowest BCUT2D eigenvalue weighted by Gasteiger charge is -2.12. The normalized spacial score (nSPS) is 14.2. The van der Waals surface area contributed by atoms with E-state index in [0.29, 0.717) is 18.4 Å². The van der Waals surface area contributed by atoms with Crippen LogP contribution >= 0.6 is 0 Å². The van der Waals surface area contributed by atoms with Gasteiger partial charge in [-0.15, -0.1) is 0 Å². The quantitative estimate of drug-likeness (QED) is 0.220. The second-order valence-corrected chi connectivity index (χ2v) is 4.49. The zero-order chi connectivity index (χ0) is 14.1. The summed E-state index contributed by atoms with van der Waals surface area (Å²) in [6, 6.07) is -0.669. The summed E-state index contributed by atoms with van der Waals surface area (Å²) < 4.78 is 4.47. The van der Waals surface area contributed by atoms with Gasteiger partial charge in [-0.1, -0.05) is 19.6 Å². The van der Waals surface area contributed by atoms with Gasteiger partial charge in [-0.2, -0.15) is 0 Å². The highest BCUT2D eigenvalue weighted by Crippen LogP contribution is 2.17. The first-order chi connectivity index (χ1) is 8.38. The second-order valence-electron chi connectivity index (χ2n) is 4.49. The minimum Gasteiger partial charge on any atom is -0.466 e. The van der Waals surface area contributed by atoms with Gasteiger partial charge in [-0.25, -0.2) is 4.79 Å². The van der Waals surface area contributed by atoms with Crippen molar-refractivity contribution in [2.24, 2.45) is 5.92 Å². The first kappa shape index (κ1) is 16.4. The van der Waals surface area contributed by atoms with Crippen molar-refractivity contribution in [1.82, 2.24) is 0 Å². The fourth-order valence-electron chi connectivity index (χ4n) is 1.56. The molecule has 2 unspecified atom stereocenters. The topological polar surface area (TPSA) is 69.4 Å². The van der Waals surface area contributed by atoms with Crippen molar-refractivity contribution in [3.63, 3.8) is 0 Å². The van der Waals surface area contributed by atoms with Crippen molar-refractivity contribution in [2.75, 3.05) is 7.11 Å². The molecule has 0 aliphatic rings. The third-order valence-corrected chi connectivity index (χ3v) is 2.75. The summed E-state index contributed by atoms with van der Waals surface area (Å²) in [5.41, 5.74) is 0.581. The van der Waals surface area contributed by atoms with Gasteiger partial charge in [0.25, 0.3) is 0 Å². The van der Waals surface area contributed by atoms with Gasteiger partial charge in [0, 0.05) is 17.4 Å². The number of hydrogen-bond donors (Lipinski definition) is 0. The van der Waals surface area contributed by atoms with E-state index in [1.54, 1.807) is 13.0 Å². The van der Waals surface area contributed by atoms with Crippen LogP contribution < -0.4 is 0 Å². The van der Waals surface area contributed by atoms with Crippen LogP contribution in [0.3, 0.4) is 0 Å². The number of allylic oxidation sites excluding steroid dienone is 1. The van der Waals surface area contributed by atoms with Gasteiger partial charge in [-0.05, 0) is 31.3 Å². The lowest BCUT2D eigenvalue weighted by molar-refractivity contribution is -0.513. The maximum atomic E-state index is 10.8. The van der Waals surface area contributed by atoms with E-state index in [0.717, 1.165) is 6.42 Å². The van der Waals surface area contributed by atoms with Crippen LogP contribution in [-0.4, -0.2) is 24.0 Å². The van der Waals surface area contributed by atoms with E-state index < -0.39 is 6.04 Å². The van der Waals surface area contributed by atoms with Crippen molar-refractivity contribution in [1.29, 1.82) is 0 Å². The predicted molar refractivity (Wildman–Crippen MR) is 69.8 cm³/mol. The number of ether oxygens (including phenoxy) is 1. The van der Waals surface area contributed by atoms with Gasteiger partial charge in [0.05, 0.1) is 7.11 Å². The Balaban J connectivity index is 4.06. The molecule has 0 aromatic carbocycles. The molecule has 0 rings (SSSR count). The van der Waals surface area contributed by atoms with E-state index in [4.69, 9.17) is 0 Å². The maximum Gasteiger partial charge on any atom is 0.330 e. The molecular weight excluding hydrogens is 234 g/mol. The molecule has 0 spiro atoms. The summed E-state index contributed by atoms with van der Waals surface area (Å²) >= 11 is 0. The first-order valence-electron chi connectivity index (χ1n) is 5.91. The second kappa shape index (κ2) is 8.44. The molecule has 0 radical (unpaired) electrons. The number of esters is 1. The third kappa shape index (κ3) is 6.83. The van der Waals surface area contributed by atoms with Gasteiger partial charge in [-0.3, -0.25) is 10.1 Å². The number of nitro groups is 1. The average molecular weight is 255 g/mol. The number of hydrogen-bond acceptors (Lipinski definition) is 4. The molecule has 0 N–H and O–H groups in total. The van der Waals surface area contributed by atoms with Crippen LogP contribution in [0.4, 0.5) is 0 Å². The van der Waals surface area contributed by atoms with E-state index in [1.807, 2.05) is 6.92 Å². The van der Waals surface area contributed by atoms with Crippen LogP contribution in [0.25, 0.3) is 0 Å². The van der Waals surface area contributed by atoms with Crippen molar-refractivity contribution >= 4 is 5.97 Å². The van der Waals surface area contributed by atoms with E-state index in [9.17, 15) is 14.9 Å². The molecule has 102 valence electrons. The summed E-state index contributed by atoms with van der Waals surface area (Å²) in [6.45, 7) is 7.31. The zero-order valence-corrected chi connectivity index (χ0v) is 11.2. The Labute approximate surface area is 108 Å². The number of methoxy groups -OCH3 is 1. The van der Waals surface area contributed by atoms with Gasteiger partial charge in [0.2, 0.25) is 6.04 Å². The van der Waals surface area contributed by atoms with Crippen LogP contribution in [-0.2, 0) is 9.53 Å². The summed E-state index contributed by atoms with van der Waals surface area (Å²) in [5.74, 6) is -0.0972. The fourth-order valence-corrected chi connectivity index (χ4v) is 1.56. The van der Waals surface area contributed by atoms with Crippen molar-refractivity contribution in [3.05, 3.63) is 34.4 Å². The molecule has 0 aliphatic heterocycles. The highest BCUT2D eigenvalue weighted by atomic mass is 16.6. The Kier molecular flexibility index (Phi) is 7.67. The van der Waals surface area contributed by atoms with Crippen LogP contribution in [0.1, 0.15) is 33.1 Å². The van der Waals surface area contributed by atoms with Crippen molar-refractivity contribution in [3.8, 4) is 0 Å². The van der Waals surface area contributed by atoms with E-state index in [-0.39, 0.29) is 16.8 Å². The summed E-state index contributed by atoms with van der Waals surface area (Å²) in [4.78, 5) is 21.3. The maximum absolute atomic E-state index is 10.8. The first-order valence-corrected chi connectivity index (χ1v) is 5.91. The molecule has 0 saturated carbocycles. The van der Waals surface area contributed by atoms with Gasteiger partial charge in [0.1, 0.15) is 0 Å². The van der Waals surface area contributed by atoms with Crippen molar-refractivity contribution < 1.29 is 14.5 Å². The molecule has 0 heterocycles. The fraction of sp³-hybridized carbons (Fsp3) is 0.615. The molecule has 0 fully saturated rings. The molecule has 5 nitrogen and oxygen atoms in total. The molecule has 0 amide bonds. The molecule has 0 aliphatic carbocycles. The lowest BCUT2D eigenvalue weighted by Crippen LogP contribution is -2.21. The molecule has 18 heavy (non-hydrogen) atoms. The highest BCUT2D eigenvalue weighted by molar-refractivity contribution is 5.81. The highest BCUT2D eigenvalue weighted by Gasteiger charge is 2.21. The zero-order valence-electron chi connectivity index (χ0n) is 11.2. The van der Waals surface area contributed by atoms with Crippen molar-refractivity contribution in [2.45, 2.75) is 39.2 Å². The van der Waals surface area contributed by atoms with Gasteiger partial charge < -0.3 is 4.74 Å². The van der Waals surface area contributed by atoms with Crippen LogP contribution in [0, 0.1) is 16.0 Å². The predicted octanol–water partition coefficient (Wildman–Crippen LogP) is 2.74. The smallest absolute Gasteiger partial charge is 0.330 e. The third-order valence-electron chi connectivity index (χ3n) is 2.75. The van der Waals surface area contributed by atoms with E-state index >= 15 is 0 Å².